The van der Waals surface area contributed by atoms with Crippen LogP contribution in [0.25, 0.3) is 0 Å². The molecular weight excluding hydrogens is 95.0 g/mol. The molecule has 0 aromatic carbocycles. The molecule has 0 aromatic rings. The second-order valence-corrected chi connectivity index (χ2v) is 2.20. The van der Waals surface area contributed by atoms with Crippen LogP contribution in [0.4, 0.5) is 0 Å². The molecule has 1 N–H and O–H groups in total. The van der Waals surface area contributed by atoms with Crippen LogP contribution in [-0.4, -0.2) is 19.2 Å². The summed E-state index contributed by atoms with van der Waals surface area (Å²) >= 11 is 0. The van der Waals surface area contributed by atoms with Gasteiger partial charge in [-0.15, -0.1) is 0 Å². The molecule has 0 amide bonds. The van der Waals surface area contributed by atoms with Crippen LogP contribution in [0.2, 0.25) is 0 Å². The van der Waals surface area contributed by atoms with Gasteiger partial charge >= 0.3 is 0 Å². The Hall–Kier alpha value is -0.0900. The summed E-state index contributed by atoms with van der Waals surface area (Å²) in [5.41, 5.74) is 0. The van der Waals surface area contributed by atoms with Gasteiger partial charge in [-0.3, -0.25) is 4.55 Å². The van der Waals surface area contributed by atoms with Gasteiger partial charge in [0.2, 0.25) is 0 Å². The van der Waals surface area contributed by atoms with E-state index in [1.54, 1.807) is 0 Å². The first-order chi connectivity index (χ1) is 2.00. The Labute approximate surface area is 30.4 Å². The first-order valence-corrected chi connectivity index (χ1v) is 2.77. The molecule has 0 aliphatic carbocycles. The Morgan fingerprint density at radius 1 is 1.60 bits per heavy atom. The topological polar surface area (TPSA) is 54.4 Å². The molecule has 0 bridgehead atoms. The highest BCUT2D eigenvalue weighted by atomic mass is 35.1. The summed E-state index contributed by atoms with van der Waals surface area (Å²) in [6, 6.07) is 0. The Bertz CT molecular complexity index is 90.1. The summed E-state index contributed by atoms with van der Waals surface area (Å²) in [4.78, 5) is 0. The summed E-state index contributed by atoms with van der Waals surface area (Å²) in [5.74, 6) is 0. The second-order valence-electron chi connectivity index (χ2n) is 0.733. The summed E-state index contributed by atoms with van der Waals surface area (Å²) < 4.78 is 25.9. The van der Waals surface area contributed by atoms with Gasteiger partial charge in [-0.25, -0.2) is 0 Å². The van der Waals surface area contributed by atoms with Crippen molar-refractivity contribution in [3.8, 4) is 0 Å². The molecule has 0 saturated heterocycles. The molecule has 3 nitrogen and oxygen atoms in total. The molecule has 4 heteroatoms. The molecule has 0 aliphatic rings. The largest absolute Gasteiger partial charge is 0.286 e. The SMILES string of the molecule is C[35S](=O)(=O)O. The predicted octanol–water partition coefficient (Wildman–Crippen LogP) is -0.496. The molecule has 0 unspecified atom stereocenters. The molecule has 0 saturated carbocycles. The summed E-state index contributed by atoms with van der Waals surface area (Å²) in [6.07, 6.45) is 0.715. The van der Waals surface area contributed by atoms with Gasteiger partial charge in [0.1, 0.15) is 0 Å². The molecule has 0 heterocycles. The summed E-state index contributed by atoms with van der Waals surface area (Å²) in [6.45, 7) is 0. The second kappa shape index (κ2) is 0.948. The standard InChI is InChI=1S/CH4O3S/c1-5(2,3)4/h1H3,(H,2,3,4)/i5+3. The van der Waals surface area contributed by atoms with Crippen molar-refractivity contribution >= 4 is 10.1 Å². The lowest BCUT2D eigenvalue weighted by Gasteiger charge is -1.69. The minimum Gasteiger partial charge on any atom is -0.286 e. The maximum Gasteiger partial charge on any atom is 0.261 e. The van der Waals surface area contributed by atoms with Crippen LogP contribution in [0.1, 0.15) is 0 Å². The van der Waals surface area contributed by atoms with Crippen molar-refractivity contribution in [2.24, 2.45) is 0 Å². The lowest BCUT2D eigenvalue weighted by molar-refractivity contribution is 0.490. The molecule has 0 rings (SSSR count). The molecule has 5 heavy (non-hydrogen) atoms. The van der Waals surface area contributed by atoms with Crippen LogP contribution < -0.4 is 0 Å². The van der Waals surface area contributed by atoms with Crippen LogP contribution >= 0.6 is 0 Å². The van der Waals surface area contributed by atoms with E-state index in [2.05, 4.69) is 0 Å². The van der Waals surface area contributed by atoms with Gasteiger partial charge in [0, 0.05) is 0 Å². The fraction of sp³-hybridized carbons (Fsp3) is 1.00. The van der Waals surface area contributed by atoms with E-state index in [0.29, 0.717) is 6.26 Å². The molecule has 0 radical (unpaired) electrons. The Morgan fingerprint density at radius 2 is 1.60 bits per heavy atom. The monoisotopic (exact) mass is 99.0 g/mol. The fourth-order valence-electron chi connectivity index (χ4n) is 0. The number of hydrogen-bond donors (Lipinski definition) is 1. The lowest BCUT2D eigenvalue weighted by atomic mass is 12.0. The van der Waals surface area contributed by atoms with Crippen molar-refractivity contribution < 1.29 is 13.0 Å². The van der Waals surface area contributed by atoms with Gasteiger partial charge in [0.15, 0.2) is 0 Å². The molecule has 0 spiro atoms. The van der Waals surface area contributed by atoms with E-state index in [0.717, 1.165) is 0 Å². The highest BCUT2D eigenvalue weighted by Gasteiger charge is 1.81. The van der Waals surface area contributed by atoms with E-state index >= 15 is 0 Å². The van der Waals surface area contributed by atoms with Crippen LogP contribution in [0.5, 0.6) is 0 Å². The van der Waals surface area contributed by atoms with Crippen molar-refractivity contribution in [2.75, 3.05) is 6.26 Å². The van der Waals surface area contributed by atoms with E-state index < -0.39 is 10.1 Å². The highest BCUT2D eigenvalue weighted by molar-refractivity contribution is 7.85. The molecule has 0 atom stereocenters. The van der Waals surface area contributed by atoms with Crippen LogP contribution in [-0.2, 0) is 10.1 Å². The van der Waals surface area contributed by atoms with Gasteiger partial charge in [0.25, 0.3) is 10.1 Å². The number of rotatable bonds is 0. The van der Waals surface area contributed by atoms with Gasteiger partial charge < -0.3 is 0 Å². The Morgan fingerprint density at radius 3 is 1.60 bits per heavy atom. The maximum absolute atomic E-state index is 9.19. The van der Waals surface area contributed by atoms with E-state index in [9.17, 15) is 8.42 Å². The average Bonchev–Trinajstić information content (AvgIpc) is 0.722. The van der Waals surface area contributed by atoms with E-state index in [-0.39, 0.29) is 0 Å². The van der Waals surface area contributed by atoms with E-state index in [1.807, 2.05) is 0 Å². The van der Waals surface area contributed by atoms with Crippen molar-refractivity contribution in [1.82, 2.24) is 0 Å². The van der Waals surface area contributed by atoms with Gasteiger partial charge in [-0.05, 0) is 0 Å². The van der Waals surface area contributed by atoms with Crippen LogP contribution in [0, 0.1) is 0 Å². The van der Waals surface area contributed by atoms with Crippen molar-refractivity contribution in [3.63, 3.8) is 0 Å². The van der Waals surface area contributed by atoms with Crippen LogP contribution in [0.15, 0.2) is 0 Å². The smallest absolute Gasteiger partial charge is 0.261 e. The molecule has 32 valence electrons. The third-order valence-corrected chi connectivity index (χ3v) is 0. The van der Waals surface area contributed by atoms with Crippen molar-refractivity contribution in [3.05, 3.63) is 0 Å². The minimum absolute atomic E-state index is 0.715. The average molecular weight is 99.0 g/mol. The molecular formula is CH4O3S. The molecule has 0 aliphatic heterocycles. The first kappa shape index (κ1) is 4.91. The maximum atomic E-state index is 9.19. The number of hydrogen-bond acceptors (Lipinski definition) is 2. The van der Waals surface area contributed by atoms with E-state index in [4.69, 9.17) is 4.55 Å². The minimum atomic E-state index is -3.67. The van der Waals surface area contributed by atoms with E-state index in [1.165, 1.54) is 0 Å². The third kappa shape index (κ3) is 1760. The summed E-state index contributed by atoms with van der Waals surface area (Å²) in [7, 11) is -3.67. The van der Waals surface area contributed by atoms with Crippen molar-refractivity contribution in [2.45, 2.75) is 0 Å². The Kier molecular flexibility index (Phi) is 0.931. The summed E-state index contributed by atoms with van der Waals surface area (Å²) in [5, 5.41) is 0. The van der Waals surface area contributed by atoms with Gasteiger partial charge in [0.05, 0.1) is 6.26 Å². The predicted molar refractivity (Wildman–Crippen MR) is 17.5 cm³/mol. The third-order valence-electron chi connectivity index (χ3n) is 0. The molecule has 0 aromatic heterocycles. The fourth-order valence-corrected chi connectivity index (χ4v) is 0. The quantitative estimate of drug-likeness (QED) is 0.416. The Balaban J connectivity index is 4.06. The zero-order chi connectivity index (χ0) is 4.50. The zero-order valence-electron chi connectivity index (χ0n) is 2.67. The highest BCUT2D eigenvalue weighted by Crippen LogP contribution is 1.60. The zero-order valence-corrected chi connectivity index (χ0v) is 3.49. The first-order valence-electron chi connectivity index (χ1n) is 0.924. The van der Waals surface area contributed by atoms with Crippen LogP contribution in [0.3, 0.4) is 0 Å². The van der Waals surface area contributed by atoms with Gasteiger partial charge in [-0.2, -0.15) is 8.42 Å². The van der Waals surface area contributed by atoms with Crippen molar-refractivity contribution in [1.29, 1.82) is 0 Å². The van der Waals surface area contributed by atoms with Gasteiger partial charge in [-0.1, -0.05) is 0 Å². The molecule has 0 fully saturated rings. The normalized spacial score (nSPS) is 11.6. The lowest BCUT2D eigenvalue weighted by Crippen LogP contribution is -1.88.